The normalized spacial score (nSPS) is 11.3. The average molecular weight is 336 g/mol. The SMILES string of the molecule is CCn1nc(C)c(Br)c1Cn1nc2ccccn2c1=O. The van der Waals surface area contributed by atoms with E-state index in [1.807, 2.05) is 36.7 Å². The van der Waals surface area contributed by atoms with E-state index in [9.17, 15) is 4.79 Å². The van der Waals surface area contributed by atoms with Gasteiger partial charge < -0.3 is 0 Å². The molecule has 20 heavy (non-hydrogen) atoms. The molecule has 3 rings (SSSR count). The molecule has 0 saturated heterocycles. The van der Waals surface area contributed by atoms with Crippen LogP contribution in [0.4, 0.5) is 0 Å². The molecule has 3 aromatic rings. The van der Waals surface area contributed by atoms with E-state index in [1.54, 1.807) is 6.20 Å². The maximum absolute atomic E-state index is 12.3. The van der Waals surface area contributed by atoms with Crippen LogP contribution < -0.4 is 5.69 Å². The zero-order valence-corrected chi connectivity index (χ0v) is 12.8. The van der Waals surface area contributed by atoms with Crippen molar-refractivity contribution in [2.24, 2.45) is 0 Å². The molecule has 0 fully saturated rings. The van der Waals surface area contributed by atoms with E-state index < -0.39 is 0 Å². The molecular formula is C13H14BrN5O. The molecule has 0 bridgehead atoms. The minimum Gasteiger partial charge on any atom is -0.267 e. The Bertz CT molecular complexity index is 829. The van der Waals surface area contributed by atoms with Crippen LogP contribution in [0.2, 0.25) is 0 Å². The summed E-state index contributed by atoms with van der Waals surface area (Å²) in [6.45, 7) is 5.11. The predicted octanol–water partition coefficient (Wildman–Crippen LogP) is 1.83. The third-order valence-corrected chi connectivity index (χ3v) is 4.27. The second kappa shape index (κ2) is 4.90. The summed E-state index contributed by atoms with van der Waals surface area (Å²) in [6, 6.07) is 5.49. The Morgan fingerprint density at radius 1 is 1.25 bits per heavy atom. The number of rotatable bonds is 3. The van der Waals surface area contributed by atoms with Crippen LogP contribution in [0.5, 0.6) is 0 Å². The first-order valence-corrected chi connectivity index (χ1v) is 7.17. The summed E-state index contributed by atoms with van der Waals surface area (Å²) >= 11 is 3.53. The van der Waals surface area contributed by atoms with Crippen LogP contribution in [-0.2, 0) is 13.1 Å². The minimum atomic E-state index is -0.144. The van der Waals surface area contributed by atoms with Gasteiger partial charge in [0.05, 0.1) is 22.4 Å². The van der Waals surface area contributed by atoms with Gasteiger partial charge in [0.25, 0.3) is 0 Å². The van der Waals surface area contributed by atoms with Gasteiger partial charge in [-0.05, 0) is 41.9 Å². The van der Waals surface area contributed by atoms with Crippen molar-refractivity contribution < 1.29 is 0 Å². The van der Waals surface area contributed by atoms with Gasteiger partial charge in [0, 0.05) is 12.7 Å². The number of fused-ring (bicyclic) bond motifs is 1. The topological polar surface area (TPSA) is 57.1 Å². The number of aromatic nitrogens is 5. The highest BCUT2D eigenvalue weighted by molar-refractivity contribution is 9.10. The highest BCUT2D eigenvalue weighted by Crippen LogP contribution is 2.21. The van der Waals surface area contributed by atoms with E-state index in [4.69, 9.17) is 0 Å². The van der Waals surface area contributed by atoms with Gasteiger partial charge in [-0.25, -0.2) is 9.48 Å². The Kier molecular flexibility index (Phi) is 3.21. The van der Waals surface area contributed by atoms with E-state index in [0.29, 0.717) is 12.2 Å². The van der Waals surface area contributed by atoms with Crippen LogP contribution in [0.1, 0.15) is 18.3 Å². The quantitative estimate of drug-likeness (QED) is 0.733. The highest BCUT2D eigenvalue weighted by atomic mass is 79.9. The van der Waals surface area contributed by atoms with Crippen molar-refractivity contribution in [1.82, 2.24) is 24.0 Å². The van der Waals surface area contributed by atoms with Crippen molar-refractivity contribution in [3.63, 3.8) is 0 Å². The van der Waals surface area contributed by atoms with Crippen molar-refractivity contribution in [2.75, 3.05) is 0 Å². The first-order chi connectivity index (χ1) is 9.61. The van der Waals surface area contributed by atoms with Gasteiger partial charge in [-0.15, -0.1) is 5.10 Å². The lowest BCUT2D eigenvalue weighted by atomic mass is 10.3. The molecule has 0 amide bonds. The fourth-order valence-corrected chi connectivity index (χ4v) is 2.64. The van der Waals surface area contributed by atoms with Crippen LogP contribution in [0.15, 0.2) is 33.7 Å². The van der Waals surface area contributed by atoms with E-state index in [2.05, 4.69) is 26.1 Å². The van der Waals surface area contributed by atoms with Crippen LogP contribution in [0, 0.1) is 6.92 Å². The molecular weight excluding hydrogens is 322 g/mol. The molecule has 0 aliphatic carbocycles. The summed E-state index contributed by atoms with van der Waals surface area (Å²) in [5, 5.41) is 8.77. The lowest BCUT2D eigenvalue weighted by molar-refractivity contribution is 0.565. The van der Waals surface area contributed by atoms with Gasteiger partial charge in [-0.1, -0.05) is 6.07 Å². The number of hydrogen-bond acceptors (Lipinski definition) is 3. The fourth-order valence-electron chi connectivity index (χ4n) is 2.23. The van der Waals surface area contributed by atoms with Gasteiger partial charge in [-0.3, -0.25) is 9.08 Å². The summed E-state index contributed by atoms with van der Waals surface area (Å²) in [5.74, 6) is 0. The third-order valence-electron chi connectivity index (χ3n) is 3.24. The molecule has 0 N–H and O–H groups in total. The maximum atomic E-state index is 12.3. The number of pyridine rings is 1. The van der Waals surface area contributed by atoms with Crippen molar-refractivity contribution in [3.05, 3.63) is 50.7 Å². The van der Waals surface area contributed by atoms with Gasteiger partial charge in [-0.2, -0.15) is 5.10 Å². The number of aryl methyl sites for hydroxylation is 2. The Hall–Kier alpha value is -1.89. The largest absolute Gasteiger partial charge is 0.350 e. The maximum Gasteiger partial charge on any atom is 0.350 e. The molecule has 0 radical (unpaired) electrons. The third kappa shape index (κ3) is 1.98. The average Bonchev–Trinajstić information content (AvgIpc) is 2.92. The van der Waals surface area contributed by atoms with Crippen LogP contribution >= 0.6 is 15.9 Å². The summed E-state index contributed by atoms with van der Waals surface area (Å²) in [7, 11) is 0. The lowest BCUT2D eigenvalue weighted by Crippen LogP contribution is -2.23. The van der Waals surface area contributed by atoms with E-state index >= 15 is 0 Å². The molecule has 7 heteroatoms. The van der Waals surface area contributed by atoms with Crippen molar-refractivity contribution in [1.29, 1.82) is 0 Å². The Balaban J connectivity index is 2.10. The highest BCUT2D eigenvalue weighted by Gasteiger charge is 2.15. The molecule has 0 saturated carbocycles. The fraction of sp³-hybridized carbons (Fsp3) is 0.308. The van der Waals surface area contributed by atoms with Gasteiger partial charge in [0.2, 0.25) is 0 Å². The molecule has 0 aromatic carbocycles. The van der Waals surface area contributed by atoms with E-state index in [1.165, 1.54) is 9.08 Å². The van der Waals surface area contributed by atoms with E-state index in [-0.39, 0.29) is 5.69 Å². The standard InChI is InChI=1S/C13H14BrN5O/c1-3-18-10(12(14)9(2)15-18)8-19-13(20)17-7-5-4-6-11(17)16-19/h4-7H,3,8H2,1-2H3. The van der Waals surface area contributed by atoms with E-state index in [0.717, 1.165) is 22.4 Å². The van der Waals surface area contributed by atoms with Gasteiger partial charge in [0.1, 0.15) is 0 Å². The Morgan fingerprint density at radius 2 is 2.05 bits per heavy atom. The number of nitrogens with zero attached hydrogens (tertiary/aromatic N) is 5. The first kappa shape index (κ1) is 13.1. The molecule has 3 heterocycles. The zero-order valence-electron chi connectivity index (χ0n) is 11.2. The minimum absolute atomic E-state index is 0.144. The van der Waals surface area contributed by atoms with Crippen molar-refractivity contribution >= 4 is 21.6 Å². The zero-order chi connectivity index (χ0) is 14.3. The number of hydrogen-bond donors (Lipinski definition) is 0. The molecule has 6 nitrogen and oxygen atoms in total. The Labute approximate surface area is 123 Å². The molecule has 0 spiro atoms. The first-order valence-electron chi connectivity index (χ1n) is 6.37. The molecule has 0 aliphatic heterocycles. The Morgan fingerprint density at radius 3 is 2.75 bits per heavy atom. The van der Waals surface area contributed by atoms with Gasteiger partial charge in [0.15, 0.2) is 5.65 Å². The summed E-state index contributed by atoms with van der Waals surface area (Å²) in [4.78, 5) is 12.3. The second-order valence-corrected chi connectivity index (χ2v) is 5.32. The molecule has 0 unspecified atom stereocenters. The summed E-state index contributed by atoms with van der Waals surface area (Å²) in [5.41, 5.74) is 2.37. The second-order valence-electron chi connectivity index (χ2n) is 4.53. The molecule has 0 aliphatic rings. The smallest absolute Gasteiger partial charge is 0.267 e. The van der Waals surface area contributed by atoms with Crippen LogP contribution in [-0.4, -0.2) is 24.0 Å². The predicted molar refractivity (Wildman–Crippen MR) is 78.9 cm³/mol. The van der Waals surface area contributed by atoms with Crippen LogP contribution in [0.3, 0.4) is 0 Å². The monoisotopic (exact) mass is 335 g/mol. The van der Waals surface area contributed by atoms with Crippen LogP contribution in [0.25, 0.3) is 5.65 Å². The summed E-state index contributed by atoms with van der Waals surface area (Å²) < 4.78 is 5.81. The molecule has 104 valence electrons. The van der Waals surface area contributed by atoms with Gasteiger partial charge >= 0.3 is 5.69 Å². The summed E-state index contributed by atoms with van der Waals surface area (Å²) in [6.07, 6.45) is 1.72. The molecule has 3 aromatic heterocycles. The number of halogens is 1. The molecule has 0 atom stereocenters. The van der Waals surface area contributed by atoms with Crippen molar-refractivity contribution in [3.8, 4) is 0 Å². The van der Waals surface area contributed by atoms with Crippen molar-refractivity contribution in [2.45, 2.75) is 26.9 Å². The lowest BCUT2D eigenvalue weighted by Gasteiger charge is -2.04.